The monoisotopic (exact) mass is 383 g/mol. The van der Waals surface area contributed by atoms with E-state index in [4.69, 9.17) is 4.74 Å². The van der Waals surface area contributed by atoms with Gasteiger partial charge in [0.15, 0.2) is 5.96 Å². The molecule has 0 aliphatic heterocycles. The SMILES string of the molecule is CN=C(NCCOCCS(C)(=O)=O)NCCc1ccc(C(C)(C)C)cc1. The molecule has 2 N–H and O–H groups in total. The van der Waals surface area contributed by atoms with Gasteiger partial charge in [0.05, 0.1) is 19.0 Å². The molecule has 0 aromatic heterocycles. The minimum atomic E-state index is -2.96. The standard InChI is InChI=1S/C19H33N3O3S/c1-19(2,3)17-8-6-16(7-9-17)10-11-21-18(20-4)22-12-13-25-14-15-26(5,23)24/h6-9H,10-15H2,1-5H3,(H2,20,21,22). The van der Waals surface area contributed by atoms with Crippen LogP contribution in [0.25, 0.3) is 0 Å². The molecule has 0 fully saturated rings. The molecular formula is C19H33N3O3S. The van der Waals surface area contributed by atoms with E-state index in [1.165, 1.54) is 17.4 Å². The number of nitrogens with zero attached hydrogens (tertiary/aromatic N) is 1. The quantitative estimate of drug-likeness (QED) is 0.386. The Labute approximate surface area is 158 Å². The molecule has 0 saturated heterocycles. The first-order valence-electron chi connectivity index (χ1n) is 8.91. The fourth-order valence-corrected chi connectivity index (χ4v) is 2.69. The summed E-state index contributed by atoms with van der Waals surface area (Å²) in [5.74, 6) is 0.761. The van der Waals surface area contributed by atoms with Crippen LogP contribution in [0, 0.1) is 0 Å². The van der Waals surface area contributed by atoms with E-state index in [0.29, 0.717) is 19.1 Å². The van der Waals surface area contributed by atoms with Gasteiger partial charge in [-0.05, 0) is 23.0 Å². The number of hydrogen-bond donors (Lipinski definition) is 2. The first-order chi connectivity index (χ1) is 12.1. The van der Waals surface area contributed by atoms with Gasteiger partial charge in [-0.1, -0.05) is 45.0 Å². The van der Waals surface area contributed by atoms with Crippen LogP contribution in [0.3, 0.4) is 0 Å². The van der Waals surface area contributed by atoms with Crippen molar-refractivity contribution in [1.29, 1.82) is 0 Å². The average molecular weight is 384 g/mol. The molecule has 0 radical (unpaired) electrons. The molecule has 6 nitrogen and oxygen atoms in total. The van der Waals surface area contributed by atoms with Crippen LogP contribution in [0.2, 0.25) is 0 Å². The van der Waals surface area contributed by atoms with Crippen molar-refractivity contribution in [3.63, 3.8) is 0 Å². The summed E-state index contributed by atoms with van der Waals surface area (Å²) in [4.78, 5) is 4.17. The molecule has 0 aliphatic carbocycles. The smallest absolute Gasteiger partial charge is 0.191 e. The van der Waals surface area contributed by atoms with Crippen molar-refractivity contribution in [3.05, 3.63) is 35.4 Å². The minimum Gasteiger partial charge on any atom is -0.379 e. The summed E-state index contributed by atoms with van der Waals surface area (Å²) >= 11 is 0. The Morgan fingerprint density at radius 3 is 2.23 bits per heavy atom. The summed E-state index contributed by atoms with van der Waals surface area (Å²) in [6.07, 6.45) is 2.12. The summed E-state index contributed by atoms with van der Waals surface area (Å²) in [7, 11) is -1.24. The lowest BCUT2D eigenvalue weighted by molar-refractivity contribution is 0.154. The molecule has 7 heteroatoms. The Kier molecular flexibility index (Phi) is 9.08. The number of rotatable bonds is 9. The lowest BCUT2D eigenvalue weighted by Crippen LogP contribution is -2.39. The van der Waals surface area contributed by atoms with E-state index in [0.717, 1.165) is 13.0 Å². The number of aliphatic imine (C=N–C) groups is 1. The minimum absolute atomic E-state index is 0.0496. The van der Waals surface area contributed by atoms with E-state index in [2.05, 4.69) is 60.7 Å². The summed E-state index contributed by atoms with van der Waals surface area (Å²) in [5, 5.41) is 6.41. The lowest BCUT2D eigenvalue weighted by atomic mass is 9.86. The van der Waals surface area contributed by atoms with Gasteiger partial charge in [0.1, 0.15) is 9.84 Å². The molecule has 26 heavy (non-hydrogen) atoms. The van der Waals surface area contributed by atoms with Crippen LogP contribution in [0.15, 0.2) is 29.3 Å². The maximum Gasteiger partial charge on any atom is 0.191 e. The molecule has 1 rings (SSSR count). The van der Waals surface area contributed by atoms with E-state index in [1.807, 2.05) is 0 Å². The average Bonchev–Trinajstić information content (AvgIpc) is 2.55. The Morgan fingerprint density at radius 1 is 1.08 bits per heavy atom. The van der Waals surface area contributed by atoms with Crippen molar-refractivity contribution in [2.24, 2.45) is 4.99 Å². The highest BCUT2D eigenvalue weighted by Crippen LogP contribution is 2.22. The predicted octanol–water partition coefficient (Wildman–Crippen LogP) is 1.75. The van der Waals surface area contributed by atoms with Crippen molar-refractivity contribution >= 4 is 15.8 Å². The molecule has 1 aromatic carbocycles. The third kappa shape index (κ3) is 9.77. The molecular weight excluding hydrogens is 350 g/mol. The van der Waals surface area contributed by atoms with E-state index < -0.39 is 9.84 Å². The Hall–Kier alpha value is -1.60. The highest BCUT2D eigenvalue weighted by atomic mass is 32.2. The molecule has 0 amide bonds. The van der Waals surface area contributed by atoms with Gasteiger partial charge >= 0.3 is 0 Å². The van der Waals surface area contributed by atoms with Crippen LogP contribution in [-0.4, -0.2) is 59.7 Å². The second-order valence-electron chi connectivity index (χ2n) is 7.36. The zero-order chi connectivity index (χ0) is 19.6. The Balaban J connectivity index is 2.24. The zero-order valence-electron chi connectivity index (χ0n) is 16.6. The second kappa shape index (κ2) is 10.5. The van der Waals surface area contributed by atoms with Crippen molar-refractivity contribution < 1.29 is 13.2 Å². The van der Waals surface area contributed by atoms with Crippen molar-refractivity contribution in [2.75, 3.05) is 45.4 Å². The number of sulfone groups is 1. The van der Waals surface area contributed by atoms with Crippen molar-refractivity contribution in [3.8, 4) is 0 Å². The summed E-state index contributed by atoms with van der Waals surface area (Å²) in [6.45, 7) is 8.65. The Bertz CT molecular complexity index is 662. The van der Waals surface area contributed by atoms with Gasteiger partial charge in [0.2, 0.25) is 0 Å². The van der Waals surface area contributed by atoms with Gasteiger partial charge in [-0.25, -0.2) is 8.42 Å². The third-order valence-electron chi connectivity index (χ3n) is 3.89. The fraction of sp³-hybridized carbons (Fsp3) is 0.632. The van der Waals surface area contributed by atoms with Crippen LogP contribution in [0.1, 0.15) is 31.9 Å². The van der Waals surface area contributed by atoms with Crippen LogP contribution in [-0.2, 0) is 26.4 Å². The highest BCUT2D eigenvalue weighted by Gasteiger charge is 2.12. The Morgan fingerprint density at radius 2 is 1.69 bits per heavy atom. The van der Waals surface area contributed by atoms with Gasteiger partial charge in [-0.15, -0.1) is 0 Å². The molecule has 0 heterocycles. The topological polar surface area (TPSA) is 79.8 Å². The van der Waals surface area contributed by atoms with Gasteiger partial charge in [0, 0.05) is 26.4 Å². The number of guanidine groups is 1. The van der Waals surface area contributed by atoms with E-state index in [-0.39, 0.29) is 17.8 Å². The maximum atomic E-state index is 11.0. The number of hydrogen-bond acceptors (Lipinski definition) is 4. The van der Waals surface area contributed by atoms with Crippen molar-refractivity contribution in [2.45, 2.75) is 32.6 Å². The van der Waals surface area contributed by atoms with Gasteiger partial charge in [-0.3, -0.25) is 4.99 Å². The van der Waals surface area contributed by atoms with Gasteiger partial charge < -0.3 is 15.4 Å². The van der Waals surface area contributed by atoms with Gasteiger partial charge in [-0.2, -0.15) is 0 Å². The molecule has 0 spiro atoms. The molecule has 0 saturated carbocycles. The summed E-state index contributed by atoms with van der Waals surface area (Å²) in [5.41, 5.74) is 2.79. The molecule has 0 atom stereocenters. The van der Waals surface area contributed by atoms with Gasteiger partial charge in [0.25, 0.3) is 0 Å². The number of nitrogens with one attached hydrogen (secondary N) is 2. The first-order valence-corrected chi connectivity index (χ1v) is 11.0. The first kappa shape index (κ1) is 22.4. The van der Waals surface area contributed by atoms with E-state index in [1.54, 1.807) is 7.05 Å². The van der Waals surface area contributed by atoms with Crippen LogP contribution >= 0.6 is 0 Å². The zero-order valence-corrected chi connectivity index (χ0v) is 17.4. The number of benzene rings is 1. The number of ether oxygens (including phenoxy) is 1. The lowest BCUT2D eigenvalue weighted by Gasteiger charge is -2.19. The van der Waals surface area contributed by atoms with Crippen LogP contribution < -0.4 is 10.6 Å². The van der Waals surface area contributed by atoms with E-state index in [9.17, 15) is 8.42 Å². The van der Waals surface area contributed by atoms with Crippen LogP contribution in [0.5, 0.6) is 0 Å². The van der Waals surface area contributed by atoms with Crippen molar-refractivity contribution in [1.82, 2.24) is 10.6 Å². The normalized spacial score (nSPS) is 12.9. The fourth-order valence-electron chi connectivity index (χ4n) is 2.27. The molecule has 0 aliphatic rings. The predicted molar refractivity (Wildman–Crippen MR) is 109 cm³/mol. The third-order valence-corrected chi connectivity index (χ3v) is 4.80. The molecule has 148 valence electrons. The highest BCUT2D eigenvalue weighted by molar-refractivity contribution is 7.90. The molecule has 0 bridgehead atoms. The summed E-state index contributed by atoms with van der Waals surface area (Å²) < 4.78 is 27.3. The second-order valence-corrected chi connectivity index (χ2v) is 9.62. The summed E-state index contributed by atoms with van der Waals surface area (Å²) in [6, 6.07) is 8.73. The van der Waals surface area contributed by atoms with E-state index >= 15 is 0 Å². The largest absolute Gasteiger partial charge is 0.379 e. The van der Waals surface area contributed by atoms with Crippen LogP contribution in [0.4, 0.5) is 0 Å². The molecule has 1 aromatic rings. The molecule has 0 unspecified atom stereocenters. The maximum absolute atomic E-state index is 11.0.